The second-order valence-electron chi connectivity index (χ2n) is 4.22. The molecule has 0 bridgehead atoms. The number of nitrogens with one attached hydrogen (secondary N) is 1. The Morgan fingerprint density at radius 3 is 2.47 bits per heavy atom. The van der Waals surface area contributed by atoms with E-state index in [0.29, 0.717) is 0 Å². The lowest BCUT2D eigenvalue weighted by atomic mass is 10.1. The predicted octanol–water partition coefficient (Wildman–Crippen LogP) is 4.39. The number of rotatable bonds is 2. The monoisotopic (exact) mass is 290 g/mol. The van der Waals surface area contributed by atoms with Crippen LogP contribution >= 0.6 is 15.9 Å². The first kappa shape index (κ1) is 12.0. The number of anilines is 3. The summed E-state index contributed by atoms with van der Waals surface area (Å²) in [5, 5.41) is 3.40. The van der Waals surface area contributed by atoms with E-state index in [0.717, 1.165) is 27.1 Å². The average molecular weight is 291 g/mol. The van der Waals surface area contributed by atoms with Gasteiger partial charge in [0.1, 0.15) is 0 Å². The van der Waals surface area contributed by atoms with E-state index in [1.54, 1.807) is 0 Å². The van der Waals surface area contributed by atoms with Crippen LogP contribution in [0.1, 0.15) is 11.1 Å². The van der Waals surface area contributed by atoms with E-state index in [2.05, 4.69) is 46.4 Å². The number of nitrogen functional groups attached to an aromatic ring is 1. The van der Waals surface area contributed by atoms with Gasteiger partial charge in [0.2, 0.25) is 0 Å². The third-order valence-corrected chi connectivity index (χ3v) is 3.03. The number of benzene rings is 2. The van der Waals surface area contributed by atoms with Gasteiger partial charge < -0.3 is 11.1 Å². The number of hydrogen-bond donors (Lipinski definition) is 2. The van der Waals surface area contributed by atoms with Crippen molar-refractivity contribution in [2.75, 3.05) is 11.1 Å². The minimum atomic E-state index is 0.790. The van der Waals surface area contributed by atoms with Gasteiger partial charge in [-0.1, -0.05) is 15.9 Å². The molecular formula is C14H15BrN2. The summed E-state index contributed by atoms with van der Waals surface area (Å²) in [6, 6.07) is 12.1. The van der Waals surface area contributed by atoms with E-state index in [1.807, 2.05) is 25.1 Å². The van der Waals surface area contributed by atoms with E-state index >= 15 is 0 Å². The normalized spacial score (nSPS) is 10.3. The van der Waals surface area contributed by atoms with Crippen molar-refractivity contribution in [3.05, 3.63) is 52.0 Å². The van der Waals surface area contributed by atoms with Crippen molar-refractivity contribution in [2.24, 2.45) is 0 Å². The van der Waals surface area contributed by atoms with Crippen molar-refractivity contribution in [3.63, 3.8) is 0 Å². The van der Waals surface area contributed by atoms with Crippen LogP contribution in [0.5, 0.6) is 0 Å². The van der Waals surface area contributed by atoms with Gasteiger partial charge in [-0.3, -0.25) is 0 Å². The van der Waals surface area contributed by atoms with Crippen LogP contribution in [0.25, 0.3) is 0 Å². The Hall–Kier alpha value is -1.48. The molecule has 2 aromatic carbocycles. The first-order chi connectivity index (χ1) is 8.04. The van der Waals surface area contributed by atoms with Gasteiger partial charge in [-0.25, -0.2) is 0 Å². The highest BCUT2D eigenvalue weighted by Gasteiger charge is 2.01. The number of nitrogens with two attached hydrogens (primary N) is 1. The molecule has 0 saturated heterocycles. The first-order valence-electron chi connectivity index (χ1n) is 5.45. The molecule has 17 heavy (non-hydrogen) atoms. The zero-order chi connectivity index (χ0) is 12.4. The standard InChI is InChI=1S/C14H15BrN2/c1-9-5-11(15)8-13(6-9)17-14-4-3-12(16)7-10(14)2/h3-8,17H,16H2,1-2H3. The summed E-state index contributed by atoms with van der Waals surface area (Å²) in [5.74, 6) is 0. The van der Waals surface area contributed by atoms with Crippen LogP contribution in [0.2, 0.25) is 0 Å². The Balaban J connectivity index is 2.31. The van der Waals surface area contributed by atoms with Crippen LogP contribution in [0.15, 0.2) is 40.9 Å². The van der Waals surface area contributed by atoms with Gasteiger partial charge in [-0.2, -0.15) is 0 Å². The highest BCUT2D eigenvalue weighted by atomic mass is 79.9. The second kappa shape index (κ2) is 4.80. The van der Waals surface area contributed by atoms with Gasteiger partial charge in [0.05, 0.1) is 0 Å². The SMILES string of the molecule is Cc1cc(Br)cc(Nc2ccc(N)cc2C)c1. The zero-order valence-electron chi connectivity index (χ0n) is 9.92. The van der Waals surface area contributed by atoms with Crippen LogP contribution < -0.4 is 11.1 Å². The summed E-state index contributed by atoms with van der Waals surface area (Å²) in [6.45, 7) is 4.12. The minimum absolute atomic E-state index is 0.790. The molecule has 0 unspecified atom stereocenters. The molecule has 0 radical (unpaired) electrons. The summed E-state index contributed by atoms with van der Waals surface area (Å²) in [5.41, 5.74) is 11.0. The molecular weight excluding hydrogens is 276 g/mol. The number of aryl methyl sites for hydroxylation is 2. The fraction of sp³-hybridized carbons (Fsp3) is 0.143. The molecule has 2 rings (SSSR count). The summed E-state index contributed by atoms with van der Waals surface area (Å²) in [6.07, 6.45) is 0. The lowest BCUT2D eigenvalue weighted by Gasteiger charge is -2.11. The van der Waals surface area contributed by atoms with Crippen molar-refractivity contribution in [1.82, 2.24) is 0 Å². The van der Waals surface area contributed by atoms with Crippen LogP contribution in [0.3, 0.4) is 0 Å². The van der Waals surface area contributed by atoms with E-state index in [-0.39, 0.29) is 0 Å². The maximum absolute atomic E-state index is 5.73. The molecule has 0 saturated carbocycles. The maximum Gasteiger partial charge on any atom is 0.0415 e. The lowest BCUT2D eigenvalue weighted by molar-refractivity contribution is 1.40. The molecule has 0 aliphatic carbocycles. The fourth-order valence-corrected chi connectivity index (χ4v) is 2.40. The van der Waals surface area contributed by atoms with Gasteiger partial charge in [-0.05, 0) is 61.4 Å². The number of hydrogen-bond acceptors (Lipinski definition) is 2. The van der Waals surface area contributed by atoms with Crippen molar-refractivity contribution < 1.29 is 0 Å². The van der Waals surface area contributed by atoms with Gasteiger partial charge in [0, 0.05) is 21.5 Å². The Labute approximate surface area is 110 Å². The largest absolute Gasteiger partial charge is 0.399 e. The second-order valence-corrected chi connectivity index (χ2v) is 5.13. The molecule has 88 valence electrons. The molecule has 0 atom stereocenters. The smallest absolute Gasteiger partial charge is 0.0415 e. The van der Waals surface area contributed by atoms with E-state index in [9.17, 15) is 0 Å². The van der Waals surface area contributed by atoms with Gasteiger partial charge >= 0.3 is 0 Å². The molecule has 2 nitrogen and oxygen atoms in total. The van der Waals surface area contributed by atoms with Crippen LogP contribution in [0.4, 0.5) is 17.1 Å². The summed E-state index contributed by atoms with van der Waals surface area (Å²) < 4.78 is 1.08. The van der Waals surface area contributed by atoms with E-state index < -0.39 is 0 Å². The molecule has 0 amide bonds. The minimum Gasteiger partial charge on any atom is -0.399 e. The van der Waals surface area contributed by atoms with Gasteiger partial charge in [0.25, 0.3) is 0 Å². The third-order valence-electron chi connectivity index (χ3n) is 2.57. The lowest BCUT2D eigenvalue weighted by Crippen LogP contribution is -1.95. The predicted molar refractivity (Wildman–Crippen MR) is 77.8 cm³/mol. The highest BCUT2D eigenvalue weighted by molar-refractivity contribution is 9.10. The van der Waals surface area contributed by atoms with Crippen molar-refractivity contribution in [1.29, 1.82) is 0 Å². The van der Waals surface area contributed by atoms with Crippen molar-refractivity contribution in [3.8, 4) is 0 Å². The quantitative estimate of drug-likeness (QED) is 0.805. The van der Waals surface area contributed by atoms with Crippen molar-refractivity contribution in [2.45, 2.75) is 13.8 Å². The molecule has 2 aromatic rings. The molecule has 3 N–H and O–H groups in total. The maximum atomic E-state index is 5.73. The summed E-state index contributed by atoms with van der Waals surface area (Å²) in [4.78, 5) is 0. The Morgan fingerprint density at radius 1 is 1.06 bits per heavy atom. The zero-order valence-corrected chi connectivity index (χ0v) is 11.5. The van der Waals surface area contributed by atoms with E-state index in [4.69, 9.17) is 5.73 Å². The van der Waals surface area contributed by atoms with E-state index in [1.165, 1.54) is 5.56 Å². The molecule has 0 spiro atoms. The molecule has 3 heteroatoms. The van der Waals surface area contributed by atoms with Crippen LogP contribution in [0, 0.1) is 13.8 Å². The average Bonchev–Trinajstić information content (AvgIpc) is 2.21. The Kier molecular flexibility index (Phi) is 3.38. The van der Waals surface area contributed by atoms with Gasteiger partial charge in [-0.15, -0.1) is 0 Å². The molecule has 0 aromatic heterocycles. The topological polar surface area (TPSA) is 38.0 Å². The fourth-order valence-electron chi connectivity index (χ4n) is 1.79. The molecule has 0 fully saturated rings. The molecule has 0 aliphatic rings. The summed E-state index contributed by atoms with van der Waals surface area (Å²) >= 11 is 3.50. The Bertz CT molecular complexity index is 530. The molecule has 0 heterocycles. The number of halogens is 1. The Morgan fingerprint density at radius 2 is 1.82 bits per heavy atom. The third kappa shape index (κ3) is 3.01. The molecule has 0 aliphatic heterocycles. The van der Waals surface area contributed by atoms with Gasteiger partial charge in [0.15, 0.2) is 0 Å². The summed E-state index contributed by atoms with van der Waals surface area (Å²) in [7, 11) is 0. The van der Waals surface area contributed by atoms with Crippen LogP contribution in [-0.2, 0) is 0 Å². The van der Waals surface area contributed by atoms with Crippen LogP contribution in [-0.4, -0.2) is 0 Å². The first-order valence-corrected chi connectivity index (χ1v) is 6.24. The highest BCUT2D eigenvalue weighted by Crippen LogP contribution is 2.25. The van der Waals surface area contributed by atoms with Crippen molar-refractivity contribution >= 4 is 33.0 Å².